The van der Waals surface area contributed by atoms with Gasteiger partial charge in [-0.25, -0.2) is 8.61 Å². The van der Waals surface area contributed by atoms with Crippen molar-refractivity contribution in [3.05, 3.63) is 17.5 Å². The predicted molar refractivity (Wildman–Crippen MR) is 97.2 cm³/mol. The lowest BCUT2D eigenvalue weighted by molar-refractivity contribution is 0.0906. The van der Waals surface area contributed by atoms with Crippen LogP contribution < -0.4 is 10.6 Å². The molecule has 1 amide bonds. The lowest BCUT2D eigenvalue weighted by atomic mass is 10.0. The minimum atomic E-state index is -0.101. The van der Waals surface area contributed by atoms with Crippen molar-refractivity contribution >= 4 is 18.0 Å². The van der Waals surface area contributed by atoms with Crippen LogP contribution in [-0.2, 0) is 0 Å². The molecule has 0 aromatic carbocycles. The smallest absolute Gasteiger partial charge is 0.273 e. The van der Waals surface area contributed by atoms with Crippen molar-refractivity contribution in [1.29, 1.82) is 0 Å². The fourth-order valence-electron chi connectivity index (χ4n) is 3.49. The summed E-state index contributed by atoms with van der Waals surface area (Å²) in [7, 11) is 0. The molecule has 3 fully saturated rings. The topological polar surface area (TPSA) is 73.6 Å². The maximum absolute atomic E-state index is 12.4. The van der Waals surface area contributed by atoms with Crippen LogP contribution in [0.3, 0.4) is 0 Å². The fraction of sp³-hybridized carbons (Fsp3) is 0.765. The molecule has 138 valence electrons. The van der Waals surface area contributed by atoms with Crippen LogP contribution in [-0.4, -0.2) is 64.5 Å². The van der Waals surface area contributed by atoms with Gasteiger partial charge in [0, 0.05) is 68.9 Å². The number of piperidine rings is 1. The SMILES string of the molecule is CC1CC(NC(=O)c2cc(C3CC3)on2)CCN1SN1CCNCC1. The number of nitrogens with zero attached hydrogens (tertiary/aromatic N) is 3. The molecular weight excluding hydrogens is 338 g/mol. The van der Waals surface area contributed by atoms with Gasteiger partial charge >= 0.3 is 0 Å². The van der Waals surface area contributed by atoms with Crippen molar-refractivity contribution in [2.45, 2.75) is 50.6 Å². The molecule has 1 aromatic heterocycles. The number of amides is 1. The predicted octanol–water partition coefficient (Wildman–Crippen LogP) is 1.60. The van der Waals surface area contributed by atoms with Gasteiger partial charge in [-0.3, -0.25) is 4.79 Å². The third kappa shape index (κ3) is 4.36. The molecule has 0 spiro atoms. The summed E-state index contributed by atoms with van der Waals surface area (Å²) in [5.74, 6) is 1.25. The highest BCUT2D eigenvalue weighted by Gasteiger charge is 2.31. The highest BCUT2D eigenvalue weighted by molar-refractivity contribution is 7.94. The summed E-state index contributed by atoms with van der Waals surface area (Å²) in [5, 5.41) is 10.5. The molecular formula is C17H27N5O2S. The van der Waals surface area contributed by atoms with E-state index in [1.807, 2.05) is 18.2 Å². The summed E-state index contributed by atoms with van der Waals surface area (Å²) >= 11 is 1.87. The molecule has 8 heteroatoms. The van der Waals surface area contributed by atoms with Gasteiger partial charge in [-0.2, -0.15) is 0 Å². The lowest BCUT2D eigenvalue weighted by Gasteiger charge is -2.40. The van der Waals surface area contributed by atoms with E-state index in [0.29, 0.717) is 17.7 Å². The van der Waals surface area contributed by atoms with Gasteiger partial charge in [-0.15, -0.1) is 0 Å². The minimum Gasteiger partial charge on any atom is -0.360 e. The third-order valence-electron chi connectivity index (χ3n) is 5.19. The molecule has 3 aliphatic rings. The molecule has 2 saturated heterocycles. The van der Waals surface area contributed by atoms with Crippen molar-refractivity contribution in [2.24, 2.45) is 0 Å². The largest absolute Gasteiger partial charge is 0.360 e. The molecule has 0 radical (unpaired) electrons. The number of hydrogen-bond donors (Lipinski definition) is 2. The first kappa shape index (κ1) is 17.3. The van der Waals surface area contributed by atoms with E-state index in [0.717, 1.165) is 64.2 Å². The Balaban J connectivity index is 1.25. The first-order valence-corrected chi connectivity index (χ1v) is 10.1. The Hall–Kier alpha value is -1.09. The molecule has 1 aromatic rings. The minimum absolute atomic E-state index is 0.101. The molecule has 4 rings (SSSR count). The summed E-state index contributed by atoms with van der Waals surface area (Å²) in [6.07, 6.45) is 4.24. The zero-order valence-electron chi connectivity index (χ0n) is 14.7. The second-order valence-corrected chi connectivity index (χ2v) is 8.48. The van der Waals surface area contributed by atoms with Crippen molar-refractivity contribution in [2.75, 3.05) is 32.7 Å². The van der Waals surface area contributed by atoms with Crippen molar-refractivity contribution < 1.29 is 9.32 Å². The van der Waals surface area contributed by atoms with Crippen LogP contribution in [0.2, 0.25) is 0 Å². The Kier molecular flexibility index (Phi) is 5.30. The van der Waals surface area contributed by atoms with Gasteiger partial charge < -0.3 is 15.2 Å². The van der Waals surface area contributed by atoms with E-state index in [9.17, 15) is 4.79 Å². The Morgan fingerprint density at radius 1 is 1.32 bits per heavy atom. The van der Waals surface area contributed by atoms with Crippen LogP contribution in [0.1, 0.15) is 54.8 Å². The van der Waals surface area contributed by atoms with Crippen LogP contribution in [0.25, 0.3) is 0 Å². The van der Waals surface area contributed by atoms with Crippen molar-refractivity contribution in [3.63, 3.8) is 0 Å². The zero-order chi connectivity index (χ0) is 17.2. The number of hydrogen-bond acceptors (Lipinski definition) is 7. The molecule has 3 heterocycles. The van der Waals surface area contributed by atoms with Crippen LogP contribution >= 0.6 is 12.1 Å². The maximum Gasteiger partial charge on any atom is 0.273 e. The number of piperazine rings is 1. The van der Waals surface area contributed by atoms with E-state index < -0.39 is 0 Å². The highest BCUT2D eigenvalue weighted by atomic mass is 32.2. The van der Waals surface area contributed by atoms with Crippen LogP contribution in [0.15, 0.2) is 10.6 Å². The molecule has 1 aliphatic carbocycles. The number of rotatable bonds is 5. The van der Waals surface area contributed by atoms with E-state index in [2.05, 4.69) is 31.3 Å². The van der Waals surface area contributed by atoms with Crippen molar-refractivity contribution in [3.8, 4) is 0 Å². The Morgan fingerprint density at radius 3 is 2.84 bits per heavy atom. The first-order chi connectivity index (χ1) is 12.2. The summed E-state index contributed by atoms with van der Waals surface area (Å²) in [6, 6.07) is 2.47. The normalized spacial score (nSPS) is 28.8. The van der Waals surface area contributed by atoms with E-state index in [1.165, 1.54) is 0 Å². The average Bonchev–Trinajstić information content (AvgIpc) is 3.35. The second-order valence-electron chi connectivity index (χ2n) is 7.33. The Morgan fingerprint density at radius 2 is 2.12 bits per heavy atom. The molecule has 2 aliphatic heterocycles. The molecule has 25 heavy (non-hydrogen) atoms. The molecule has 2 unspecified atom stereocenters. The summed E-state index contributed by atoms with van der Waals surface area (Å²) < 4.78 is 10.2. The average molecular weight is 366 g/mol. The summed E-state index contributed by atoms with van der Waals surface area (Å²) in [6.45, 7) is 7.54. The lowest BCUT2D eigenvalue weighted by Crippen LogP contribution is -2.49. The van der Waals surface area contributed by atoms with Gasteiger partial charge in [0.25, 0.3) is 5.91 Å². The van der Waals surface area contributed by atoms with Gasteiger partial charge in [0.15, 0.2) is 5.69 Å². The quantitative estimate of drug-likeness (QED) is 0.768. The van der Waals surface area contributed by atoms with Crippen LogP contribution in [0.5, 0.6) is 0 Å². The third-order valence-corrected chi connectivity index (χ3v) is 6.54. The van der Waals surface area contributed by atoms with E-state index >= 15 is 0 Å². The number of aromatic nitrogens is 1. The van der Waals surface area contributed by atoms with E-state index in [-0.39, 0.29) is 11.9 Å². The summed E-state index contributed by atoms with van der Waals surface area (Å²) in [4.78, 5) is 12.4. The van der Waals surface area contributed by atoms with E-state index in [4.69, 9.17) is 4.52 Å². The zero-order valence-corrected chi connectivity index (χ0v) is 15.6. The highest BCUT2D eigenvalue weighted by Crippen LogP contribution is 2.40. The molecule has 2 N–H and O–H groups in total. The van der Waals surface area contributed by atoms with Gasteiger partial charge in [0.05, 0.1) is 0 Å². The fourth-order valence-corrected chi connectivity index (χ4v) is 4.57. The monoisotopic (exact) mass is 365 g/mol. The van der Waals surface area contributed by atoms with Crippen LogP contribution in [0.4, 0.5) is 0 Å². The van der Waals surface area contributed by atoms with Crippen molar-refractivity contribution in [1.82, 2.24) is 24.4 Å². The Bertz CT molecular complexity index is 600. The van der Waals surface area contributed by atoms with Gasteiger partial charge in [0.2, 0.25) is 0 Å². The van der Waals surface area contributed by atoms with Gasteiger partial charge in [0.1, 0.15) is 5.76 Å². The molecule has 2 atom stereocenters. The van der Waals surface area contributed by atoms with Crippen LogP contribution in [0, 0.1) is 0 Å². The summed E-state index contributed by atoms with van der Waals surface area (Å²) in [5.41, 5.74) is 0.423. The molecule has 7 nitrogen and oxygen atoms in total. The molecule has 0 bridgehead atoms. The number of carbonyl (C=O) groups is 1. The first-order valence-electron chi connectivity index (χ1n) is 9.37. The Labute approximate surface area is 153 Å². The second kappa shape index (κ2) is 7.65. The van der Waals surface area contributed by atoms with Gasteiger partial charge in [-0.05, 0) is 32.6 Å². The van der Waals surface area contributed by atoms with Gasteiger partial charge in [-0.1, -0.05) is 5.16 Å². The maximum atomic E-state index is 12.4. The van der Waals surface area contributed by atoms with E-state index in [1.54, 1.807) is 0 Å². The number of carbonyl (C=O) groups excluding carboxylic acids is 1. The number of nitrogens with one attached hydrogen (secondary N) is 2. The standard InChI is InChI=1S/C17H27N5O2S/c1-12-10-14(4-7-22(12)25-21-8-5-18-6-9-21)19-17(23)15-11-16(24-20-15)13-2-3-13/h11-14,18H,2-10H2,1H3,(H,19,23). The molecule has 1 saturated carbocycles.